The van der Waals surface area contributed by atoms with Gasteiger partial charge < -0.3 is 5.32 Å². The first-order chi connectivity index (χ1) is 6.95. The molecule has 0 aliphatic heterocycles. The summed E-state index contributed by atoms with van der Waals surface area (Å²) in [5, 5.41) is 3.21. The van der Waals surface area contributed by atoms with Gasteiger partial charge in [0.05, 0.1) is 10.6 Å². The second-order valence-corrected chi connectivity index (χ2v) is 6.01. The van der Waals surface area contributed by atoms with Crippen LogP contribution in [0.15, 0.2) is 29.2 Å². The molecule has 0 heterocycles. The molecule has 4 heteroatoms. The van der Waals surface area contributed by atoms with E-state index < -0.39 is 9.84 Å². The van der Waals surface area contributed by atoms with Gasteiger partial charge in [0.25, 0.3) is 0 Å². The highest BCUT2D eigenvalue weighted by atomic mass is 32.2. The van der Waals surface area contributed by atoms with E-state index >= 15 is 0 Å². The number of hydrogen-bond donors (Lipinski definition) is 1. The van der Waals surface area contributed by atoms with Crippen molar-refractivity contribution in [2.24, 2.45) is 0 Å². The monoisotopic (exact) mass is 227 g/mol. The minimum Gasteiger partial charge on any atom is -0.383 e. The average Bonchev–Trinajstić information content (AvgIpc) is 2.18. The van der Waals surface area contributed by atoms with Gasteiger partial charge in [0.15, 0.2) is 9.84 Å². The SMILES string of the molecule is CCS(=O)(=O)c1ccc(NC(C)C)cc1. The van der Waals surface area contributed by atoms with Crippen LogP contribution in [-0.2, 0) is 9.84 Å². The number of rotatable bonds is 4. The molecule has 1 aromatic rings. The lowest BCUT2D eigenvalue weighted by atomic mass is 10.3. The van der Waals surface area contributed by atoms with Crippen molar-refractivity contribution in [3.05, 3.63) is 24.3 Å². The summed E-state index contributed by atoms with van der Waals surface area (Å²) in [5.41, 5.74) is 0.944. The number of benzene rings is 1. The average molecular weight is 227 g/mol. The van der Waals surface area contributed by atoms with E-state index in [1.165, 1.54) is 0 Å². The van der Waals surface area contributed by atoms with E-state index in [1.54, 1.807) is 31.2 Å². The molecule has 0 aliphatic carbocycles. The summed E-state index contributed by atoms with van der Waals surface area (Å²) in [6, 6.07) is 7.22. The third kappa shape index (κ3) is 3.23. The molecule has 1 rings (SSSR count). The Morgan fingerprint density at radius 2 is 1.73 bits per heavy atom. The third-order valence-corrected chi connectivity index (χ3v) is 3.80. The zero-order valence-corrected chi connectivity index (χ0v) is 10.1. The standard InChI is InChI=1S/C11H17NO2S/c1-4-15(13,14)11-7-5-10(6-8-11)12-9(2)3/h5-9,12H,4H2,1-3H3. The molecule has 0 spiro atoms. The molecule has 0 aliphatic rings. The van der Waals surface area contributed by atoms with Crippen LogP contribution in [0.2, 0.25) is 0 Å². The lowest BCUT2D eigenvalue weighted by Crippen LogP contribution is -2.10. The Labute approximate surface area is 91.4 Å². The molecule has 0 bridgehead atoms. The van der Waals surface area contributed by atoms with Crippen LogP contribution in [-0.4, -0.2) is 20.2 Å². The van der Waals surface area contributed by atoms with E-state index in [0.717, 1.165) is 5.69 Å². The number of anilines is 1. The number of hydrogen-bond acceptors (Lipinski definition) is 3. The molecule has 1 aromatic carbocycles. The highest BCUT2D eigenvalue weighted by molar-refractivity contribution is 7.91. The van der Waals surface area contributed by atoms with Gasteiger partial charge in [0.2, 0.25) is 0 Å². The van der Waals surface area contributed by atoms with Gasteiger partial charge in [-0.1, -0.05) is 6.92 Å². The molecule has 3 nitrogen and oxygen atoms in total. The highest BCUT2D eigenvalue weighted by Gasteiger charge is 2.10. The summed E-state index contributed by atoms with van der Waals surface area (Å²) in [7, 11) is -3.07. The maximum atomic E-state index is 11.5. The van der Waals surface area contributed by atoms with Crippen molar-refractivity contribution in [1.29, 1.82) is 0 Å². The maximum absolute atomic E-state index is 11.5. The van der Waals surface area contributed by atoms with Gasteiger partial charge in [-0.05, 0) is 38.1 Å². The van der Waals surface area contributed by atoms with E-state index in [4.69, 9.17) is 0 Å². The van der Waals surface area contributed by atoms with Gasteiger partial charge in [-0.15, -0.1) is 0 Å². The Kier molecular flexibility index (Phi) is 3.74. The quantitative estimate of drug-likeness (QED) is 0.858. The van der Waals surface area contributed by atoms with Gasteiger partial charge in [-0.3, -0.25) is 0 Å². The molecule has 0 saturated carbocycles. The van der Waals surface area contributed by atoms with Crippen LogP contribution < -0.4 is 5.32 Å². The highest BCUT2D eigenvalue weighted by Crippen LogP contribution is 2.15. The van der Waals surface area contributed by atoms with Crippen LogP contribution in [0.3, 0.4) is 0 Å². The van der Waals surface area contributed by atoms with Gasteiger partial charge in [-0.2, -0.15) is 0 Å². The van der Waals surface area contributed by atoms with E-state index in [9.17, 15) is 8.42 Å². The molecule has 0 unspecified atom stereocenters. The number of sulfone groups is 1. The lowest BCUT2D eigenvalue weighted by molar-refractivity contribution is 0.597. The predicted octanol–water partition coefficient (Wildman–Crippen LogP) is 2.30. The summed E-state index contributed by atoms with van der Waals surface area (Å²) < 4.78 is 23.0. The fraction of sp³-hybridized carbons (Fsp3) is 0.455. The molecule has 0 amide bonds. The Morgan fingerprint density at radius 3 is 2.13 bits per heavy atom. The first kappa shape index (κ1) is 12.0. The van der Waals surface area contributed by atoms with Crippen molar-refractivity contribution >= 4 is 15.5 Å². The van der Waals surface area contributed by atoms with Crippen LogP contribution in [0.4, 0.5) is 5.69 Å². The van der Waals surface area contributed by atoms with Crippen LogP contribution in [0, 0.1) is 0 Å². The van der Waals surface area contributed by atoms with Crippen LogP contribution in [0.5, 0.6) is 0 Å². The van der Waals surface area contributed by atoms with Crippen molar-refractivity contribution < 1.29 is 8.42 Å². The first-order valence-electron chi connectivity index (χ1n) is 5.05. The summed E-state index contributed by atoms with van der Waals surface area (Å²) in [4.78, 5) is 0.388. The topological polar surface area (TPSA) is 46.2 Å². The normalized spacial score (nSPS) is 11.7. The molecule has 1 N–H and O–H groups in total. The zero-order valence-electron chi connectivity index (χ0n) is 9.32. The number of nitrogens with one attached hydrogen (secondary N) is 1. The molecule has 84 valence electrons. The van der Waals surface area contributed by atoms with E-state index in [2.05, 4.69) is 5.32 Å². The molecule has 0 fully saturated rings. The Morgan fingerprint density at radius 1 is 1.20 bits per heavy atom. The molecule has 0 atom stereocenters. The van der Waals surface area contributed by atoms with Crippen molar-refractivity contribution in [2.45, 2.75) is 31.7 Å². The molecular formula is C11H17NO2S. The van der Waals surface area contributed by atoms with Crippen molar-refractivity contribution in [3.8, 4) is 0 Å². The predicted molar refractivity (Wildman–Crippen MR) is 62.9 cm³/mol. The largest absolute Gasteiger partial charge is 0.383 e. The smallest absolute Gasteiger partial charge is 0.178 e. The van der Waals surface area contributed by atoms with Gasteiger partial charge in [0.1, 0.15) is 0 Å². The fourth-order valence-electron chi connectivity index (χ4n) is 1.26. The van der Waals surface area contributed by atoms with Gasteiger partial charge in [0, 0.05) is 11.7 Å². The summed E-state index contributed by atoms with van der Waals surface area (Å²) in [6.45, 7) is 5.73. The minimum absolute atomic E-state index is 0.143. The fourth-order valence-corrected chi connectivity index (χ4v) is 2.14. The lowest BCUT2D eigenvalue weighted by Gasteiger charge is -2.10. The third-order valence-electron chi connectivity index (χ3n) is 2.05. The summed E-state index contributed by atoms with van der Waals surface area (Å²) in [5.74, 6) is 0.143. The Balaban J connectivity index is 2.91. The van der Waals surface area contributed by atoms with E-state index in [0.29, 0.717) is 10.9 Å². The minimum atomic E-state index is -3.07. The molecule has 0 saturated heterocycles. The Bertz CT molecular complexity index is 407. The molecule has 0 radical (unpaired) electrons. The van der Waals surface area contributed by atoms with E-state index in [1.807, 2.05) is 13.8 Å². The van der Waals surface area contributed by atoms with E-state index in [-0.39, 0.29) is 5.75 Å². The zero-order chi connectivity index (χ0) is 11.5. The van der Waals surface area contributed by atoms with Gasteiger partial charge >= 0.3 is 0 Å². The van der Waals surface area contributed by atoms with Crippen LogP contribution in [0.25, 0.3) is 0 Å². The van der Waals surface area contributed by atoms with Crippen molar-refractivity contribution in [1.82, 2.24) is 0 Å². The van der Waals surface area contributed by atoms with Crippen molar-refractivity contribution in [2.75, 3.05) is 11.1 Å². The molecular weight excluding hydrogens is 210 g/mol. The summed E-state index contributed by atoms with van der Waals surface area (Å²) in [6.07, 6.45) is 0. The van der Waals surface area contributed by atoms with Crippen LogP contribution >= 0.6 is 0 Å². The molecule has 15 heavy (non-hydrogen) atoms. The van der Waals surface area contributed by atoms with Crippen molar-refractivity contribution in [3.63, 3.8) is 0 Å². The Hall–Kier alpha value is -1.03. The van der Waals surface area contributed by atoms with Crippen LogP contribution in [0.1, 0.15) is 20.8 Å². The molecule has 0 aromatic heterocycles. The maximum Gasteiger partial charge on any atom is 0.178 e. The second-order valence-electron chi connectivity index (χ2n) is 3.73. The second kappa shape index (κ2) is 4.66. The van der Waals surface area contributed by atoms with Gasteiger partial charge in [-0.25, -0.2) is 8.42 Å². The first-order valence-corrected chi connectivity index (χ1v) is 6.70. The summed E-state index contributed by atoms with van der Waals surface area (Å²) >= 11 is 0.